The number of H-pyrrole nitrogens is 2. The number of imide groups is 1. The van der Waals surface area contributed by atoms with Crippen LogP contribution in [0, 0.1) is 5.92 Å². The van der Waals surface area contributed by atoms with E-state index in [1.807, 2.05) is 24.3 Å². The average Bonchev–Trinajstić information content (AvgIpc) is 1.73. The quantitative estimate of drug-likeness (QED) is 0.0769. The first-order valence-electron chi connectivity index (χ1n) is 35.5. The summed E-state index contributed by atoms with van der Waals surface area (Å²) in [7, 11) is 3.87. The van der Waals surface area contributed by atoms with Gasteiger partial charge in [-0.15, -0.1) is 0 Å². The van der Waals surface area contributed by atoms with E-state index < -0.39 is 170 Å². The number of ether oxygens (including phenoxy) is 1. The van der Waals surface area contributed by atoms with E-state index in [1.54, 1.807) is 88.6 Å². The number of urea groups is 1. The molecule has 13 amide bonds. The van der Waals surface area contributed by atoms with Crippen molar-refractivity contribution in [3.8, 4) is 0 Å². The van der Waals surface area contributed by atoms with Crippen LogP contribution >= 0.6 is 11.6 Å². The zero-order valence-corrected chi connectivity index (χ0v) is 60.2. The van der Waals surface area contributed by atoms with Crippen LogP contribution in [0.5, 0.6) is 0 Å². The molecule has 4 aliphatic heterocycles. The second-order valence-electron chi connectivity index (χ2n) is 27.2. The van der Waals surface area contributed by atoms with Crippen LogP contribution in [0.1, 0.15) is 102 Å². The first-order valence-corrected chi connectivity index (χ1v) is 35.9. The fraction of sp³-hybridized carbons (Fsp3) is 0.534. The number of likely N-dealkylation sites (N-methyl/N-ethyl adjacent to an activating group) is 4. The predicted octanol–water partition coefficient (Wildman–Crippen LogP) is 2.14. The number of carbonyl (C=O) groups excluding carboxylic acids is 12. The van der Waals surface area contributed by atoms with Crippen molar-refractivity contribution in [2.75, 3.05) is 80.2 Å². The number of benzene rings is 3. The van der Waals surface area contributed by atoms with E-state index >= 15 is 19.2 Å². The minimum atomic E-state index is -1.80. The first-order chi connectivity index (χ1) is 49.4. The van der Waals surface area contributed by atoms with Gasteiger partial charge in [-0.05, 0) is 92.8 Å². The van der Waals surface area contributed by atoms with Crippen LogP contribution in [0.3, 0.4) is 0 Å². The lowest BCUT2D eigenvalue weighted by Gasteiger charge is -2.35. The van der Waals surface area contributed by atoms with E-state index in [9.17, 15) is 48.6 Å². The van der Waals surface area contributed by atoms with Crippen molar-refractivity contribution < 1.29 is 72.5 Å². The molecule has 0 aliphatic carbocycles. The molecule has 4 fully saturated rings. The number of hydrogen-bond acceptors (Lipinski definition) is 15. The number of piperidine rings is 1. The van der Waals surface area contributed by atoms with Crippen molar-refractivity contribution in [3.63, 3.8) is 0 Å². The highest BCUT2D eigenvalue weighted by Gasteiger charge is 2.46. The van der Waals surface area contributed by atoms with Gasteiger partial charge >= 0.3 is 6.03 Å². The van der Waals surface area contributed by atoms with Crippen molar-refractivity contribution in [3.05, 3.63) is 107 Å². The summed E-state index contributed by atoms with van der Waals surface area (Å²) in [6, 6.07) is 6.99. The molecule has 103 heavy (non-hydrogen) atoms. The fourth-order valence-electron chi connectivity index (χ4n) is 14.1. The molecule has 30 heteroatoms. The van der Waals surface area contributed by atoms with Gasteiger partial charge in [-0.2, -0.15) is 0 Å². The Kier molecular flexibility index (Phi) is 26.9. The standard InChI is InChI=1S/C73H97ClN14O15/c1-8-43(4)64-72(101)83(6)59(31-44-20-18-21-47(74)30-44)67(96)79-57(42-90)66(95)77-54(32-45-37-75-52-24-14-12-22-50(45)52)65(94)78-55(33-46-38-76-53-25-15-13-23-51(46)53)70(99)87-29-19-26-58(87)71(100)84(7)73(102)80-56(69(98)86-27-16-11-17-28-86)36-61(91)85(9-2)40-63(93)82(5)48(41-89)34-62(92)88-39-49(103-10-3)35-60(88)68(97)81-64/h12-15,18,20-25,30,37-38,43,48-49,54-60,64,75-76,89-90H,8-11,16-17,19,26-29,31-36,39-42H2,1-7H3,(H,77,95)(H,78,94)(H,79,96)(H,80,102)(H,81,97)/t43?,48-,49?,54+,55?,56+,57-,58+,59?,60+,64-/m1/s1. The Morgan fingerprint density at radius 1 is 0.612 bits per heavy atom. The number of aliphatic hydroxyl groups is 2. The van der Waals surface area contributed by atoms with Crippen LogP contribution in [0.2, 0.25) is 5.02 Å². The van der Waals surface area contributed by atoms with E-state index in [-0.39, 0.29) is 64.8 Å². The van der Waals surface area contributed by atoms with Crippen molar-refractivity contribution in [1.82, 2.24) is 70.9 Å². The Hall–Kier alpha value is -9.45. The molecule has 29 nitrogen and oxygen atoms in total. The zero-order chi connectivity index (χ0) is 74.3. The number of amides is 13. The lowest BCUT2D eigenvalue weighted by molar-refractivity contribution is -0.146. The van der Waals surface area contributed by atoms with Gasteiger partial charge in [0, 0.05) is 132 Å². The SMILES string of the molecule is CCOC1C[C@H]2C(=O)N[C@H](C(C)CC)C(=O)N(C)C(Cc3cccc(Cl)c3)C(=O)N[C@H](CO)C(=O)N[C@@H](Cc3c[nH]c4ccccc34)C(=O)NC(Cc3c[nH]c4ccccc34)C(=O)N3CCC[C@H]3C(=O)N(C)C(=O)N[C@H](C(=O)N3CCCCC3)CC(=O)N(CC)CC(=O)N(C)[C@@H](CO)CC(=O)N2C1. The monoisotopic (exact) mass is 1440 g/mol. The second-order valence-corrected chi connectivity index (χ2v) is 27.6. The molecule has 4 aliphatic rings. The van der Waals surface area contributed by atoms with E-state index in [0.717, 1.165) is 26.0 Å². The number of fused-ring (bicyclic) bond motifs is 4. The first kappa shape index (κ1) is 77.7. The summed E-state index contributed by atoms with van der Waals surface area (Å²) in [5, 5.41) is 37.4. The van der Waals surface area contributed by atoms with Crippen molar-refractivity contribution in [2.24, 2.45) is 5.92 Å². The fourth-order valence-corrected chi connectivity index (χ4v) is 14.3. The van der Waals surface area contributed by atoms with Crippen molar-refractivity contribution in [1.29, 1.82) is 0 Å². The van der Waals surface area contributed by atoms with Gasteiger partial charge in [0.15, 0.2) is 0 Å². The maximum absolute atomic E-state index is 15.5. The van der Waals surface area contributed by atoms with Gasteiger partial charge in [-0.25, -0.2) is 4.79 Å². The maximum atomic E-state index is 15.5. The van der Waals surface area contributed by atoms with E-state index in [4.69, 9.17) is 16.3 Å². The van der Waals surface area contributed by atoms with Gasteiger partial charge in [0.25, 0.3) is 5.91 Å². The molecule has 0 radical (unpaired) electrons. The number of aromatic amines is 2. The highest BCUT2D eigenvalue weighted by atomic mass is 35.5. The van der Waals surface area contributed by atoms with Crippen LogP contribution in [-0.4, -0.2) is 266 Å². The second kappa shape index (κ2) is 35.6. The van der Waals surface area contributed by atoms with Gasteiger partial charge in [0.2, 0.25) is 59.1 Å². The number of nitrogens with one attached hydrogen (secondary N) is 7. The molecule has 11 atom stereocenters. The van der Waals surface area contributed by atoms with Gasteiger partial charge < -0.3 is 80.9 Å². The van der Waals surface area contributed by atoms with Gasteiger partial charge in [-0.3, -0.25) is 57.6 Å². The highest BCUT2D eigenvalue weighted by molar-refractivity contribution is 6.30. The molecule has 9 N–H and O–H groups in total. The Bertz CT molecular complexity index is 3920. The smallest absolute Gasteiger partial charge is 0.324 e. The number of rotatable bonds is 14. The van der Waals surface area contributed by atoms with Crippen LogP contribution in [-0.2, 0) is 76.7 Å². The Labute approximate surface area is 603 Å². The number of aromatic nitrogens is 2. The van der Waals surface area contributed by atoms with Crippen LogP contribution in [0.4, 0.5) is 4.79 Å². The van der Waals surface area contributed by atoms with Crippen LogP contribution in [0.25, 0.3) is 21.8 Å². The Morgan fingerprint density at radius 2 is 1.24 bits per heavy atom. The van der Waals surface area contributed by atoms with Crippen LogP contribution in [0.15, 0.2) is 85.2 Å². The number of likely N-dealkylation sites (tertiary alicyclic amines) is 1. The summed E-state index contributed by atoms with van der Waals surface area (Å²) in [4.78, 5) is 193. The predicted molar refractivity (Wildman–Crippen MR) is 381 cm³/mol. The minimum absolute atomic E-state index is 0.00114. The normalized spacial score (nSPS) is 25.5. The molecular formula is C73H97ClN14O15. The molecule has 4 unspecified atom stereocenters. The van der Waals surface area contributed by atoms with Gasteiger partial charge in [-0.1, -0.05) is 80.4 Å². The number of aliphatic hydroxyl groups excluding tert-OH is 2. The third-order valence-corrected chi connectivity index (χ3v) is 20.7. The summed E-state index contributed by atoms with van der Waals surface area (Å²) in [5.41, 5.74) is 3.03. The van der Waals surface area contributed by atoms with E-state index in [0.29, 0.717) is 75.9 Å². The van der Waals surface area contributed by atoms with Gasteiger partial charge in [0.1, 0.15) is 48.3 Å². The third kappa shape index (κ3) is 18.7. The number of nitrogens with zero attached hydrogens (tertiary/aromatic N) is 7. The van der Waals surface area contributed by atoms with Crippen molar-refractivity contribution >= 4 is 104 Å². The molecule has 6 heterocycles. The lowest BCUT2D eigenvalue weighted by atomic mass is 9.95. The van der Waals surface area contributed by atoms with E-state index in [2.05, 4.69) is 36.6 Å². The largest absolute Gasteiger partial charge is 0.394 e. The summed E-state index contributed by atoms with van der Waals surface area (Å²) in [6.45, 7) is 5.21. The lowest BCUT2D eigenvalue weighted by Crippen LogP contribution is -2.62. The molecule has 556 valence electrons. The number of hydrogen-bond donors (Lipinski definition) is 9. The maximum Gasteiger partial charge on any atom is 0.324 e. The highest BCUT2D eigenvalue weighted by Crippen LogP contribution is 2.28. The summed E-state index contributed by atoms with van der Waals surface area (Å²) < 4.78 is 5.96. The Balaban J connectivity index is 1.10. The molecule has 0 saturated carbocycles. The molecule has 3 aromatic carbocycles. The minimum Gasteiger partial charge on any atom is -0.394 e. The zero-order valence-electron chi connectivity index (χ0n) is 59.5. The number of halogens is 1. The molecule has 9 rings (SSSR count). The van der Waals surface area contributed by atoms with Crippen molar-refractivity contribution in [2.45, 2.75) is 165 Å². The molecule has 0 spiro atoms. The molecule has 4 saturated heterocycles. The number of para-hydroxylation sites is 2. The van der Waals surface area contributed by atoms with Gasteiger partial charge in [0.05, 0.1) is 38.3 Å². The van der Waals surface area contributed by atoms with Crippen LogP contribution < -0.4 is 26.6 Å². The molecule has 5 aromatic rings. The molecule has 2 aromatic heterocycles. The summed E-state index contributed by atoms with van der Waals surface area (Å²) in [5.74, 6) is -9.27. The molecule has 0 bridgehead atoms. The topological polar surface area (TPSA) is 369 Å². The number of carbonyl (C=O) groups is 12. The molecular weight excluding hydrogens is 1350 g/mol. The third-order valence-electron chi connectivity index (χ3n) is 20.5. The van der Waals surface area contributed by atoms with E-state index in [1.165, 1.54) is 35.8 Å². The Morgan fingerprint density at radius 3 is 1.86 bits per heavy atom. The average molecular weight is 1450 g/mol. The summed E-state index contributed by atoms with van der Waals surface area (Å²) >= 11 is 6.48. The summed E-state index contributed by atoms with van der Waals surface area (Å²) in [6.07, 6.45) is 3.74.